The van der Waals surface area contributed by atoms with Gasteiger partial charge in [0.2, 0.25) is 11.8 Å². The topological polar surface area (TPSA) is 55.1 Å². The van der Waals surface area contributed by atoms with Crippen molar-refractivity contribution in [2.24, 2.45) is 0 Å². The van der Waals surface area contributed by atoms with Crippen LogP contribution in [0.15, 0.2) is 58.6 Å². The molecule has 0 fully saturated rings. The molecule has 0 radical (unpaired) electrons. The highest BCUT2D eigenvalue weighted by Gasteiger charge is 2.13. The Kier molecular flexibility index (Phi) is 3.60. The number of aromatic nitrogens is 1. The number of rotatable bonds is 4. The van der Waals surface area contributed by atoms with Crippen LogP contribution in [-0.2, 0) is 11.2 Å². The molecule has 100 valence electrons. The molecule has 1 aromatic carbocycles. The van der Waals surface area contributed by atoms with Gasteiger partial charge in [0.05, 0.1) is 18.2 Å². The smallest absolute Gasteiger partial charge is 0.239 e. The van der Waals surface area contributed by atoms with Crippen LogP contribution in [0, 0.1) is 0 Å². The molecule has 0 unspecified atom stereocenters. The summed E-state index contributed by atoms with van der Waals surface area (Å²) in [5.74, 6) is 0.277. The molecule has 20 heavy (non-hydrogen) atoms. The average molecular weight is 284 g/mol. The van der Waals surface area contributed by atoms with Crippen molar-refractivity contribution in [1.82, 2.24) is 5.16 Å². The molecule has 5 heteroatoms. The van der Waals surface area contributed by atoms with Gasteiger partial charge in [-0.1, -0.05) is 41.6 Å². The van der Waals surface area contributed by atoms with E-state index in [2.05, 4.69) is 10.5 Å². The normalized spacial score (nSPS) is 10.4. The fourth-order valence-electron chi connectivity index (χ4n) is 1.90. The Morgan fingerprint density at radius 3 is 2.80 bits per heavy atom. The molecule has 0 aliphatic rings. The Hall–Kier alpha value is -2.40. The van der Waals surface area contributed by atoms with E-state index < -0.39 is 0 Å². The molecule has 1 N–H and O–H groups in total. The van der Waals surface area contributed by atoms with E-state index in [0.717, 1.165) is 16.0 Å². The SMILES string of the molecule is O=C(Cc1cccs1)Nc1oncc1-c1ccccc1. The van der Waals surface area contributed by atoms with Gasteiger partial charge in [0.1, 0.15) is 0 Å². The molecule has 1 amide bonds. The van der Waals surface area contributed by atoms with Crippen LogP contribution in [0.5, 0.6) is 0 Å². The first-order valence-electron chi connectivity index (χ1n) is 6.15. The molecular weight excluding hydrogens is 272 g/mol. The van der Waals surface area contributed by atoms with Crippen molar-refractivity contribution in [1.29, 1.82) is 0 Å². The fourth-order valence-corrected chi connectivity index (χ4v) is 2.60. The van der Waals surface area contributed by atoms with Crippen LogP contribution in [0.4, 0.5) is 5.88 Å². The van der Waals surface area contributed by atoms with Gasteiger partial charge in [-0.25, -0.2) is 0 Å². The van der Waals surface area contributed by atoms with E-state index in [1.165, 1.54) is 0 Å². The third-order valence-corrected chi connectivity index (χ3v) is 3.70. The van der Waals surface area contributed by atoms with Crippen LogP contribution in [0.2, 0.25) is 0 Å². The lowest BCUT2D eigenvalue weighted by Gasteiger charge is -2.03. The summed E-state index contributed by atoms with van der Waals surface area (Å²) in [4.78, 5) is 13.0. The van der Waals surface area contributed by atoms with Gasteiger partial charge in [0, 0.05) is 4.88 Å². The van der Waals surface area contributed by atoms with Crippen molar-refractivity contribution < 1.29 is 9.32 Å². The number of carbonyl (C=O) groups excluding carboxylic acids is 1. The summed E-state index contributed by atoms with van der Waals surface area (Å²) < 4.78 is 5.13. The molecule has 4 nitrogen and oxygen atoms in total. The van der Waals surface area contributed by atoms with Gasteiger partial charge >= 0.3 is 0 Å². The average Bonchev–Trinajstić information content (AvgIpc) is 3.11. The molecule has 0 spiro atoms. The zero-order chi connectivity index (χ0) is 13.8. The van der Waals surface area contributed by atoms with Gasteiger partial charge in [-0.3, -0.25) is 10.1 Å². The second-order valence-corrected chi connectivity index (χ2v) is 5.27. The maximum Gasteiger partial charge on any atom is 0.239 e. The lowest BCUT2D eigenvalue weighted by atomic mass is 10.1. The van der Waals surface area contributed by atoms with Gasteiger partial charge in [-0.15, -0.1) is 11.3 Å². The molecule has 0 saturated carbocycles. The zero-order valence-corrected chi connectivity index (χ0v) is 11.4. The van der Waals surface area contributed by atoms with Crippen molar-refractivity contribution in [2.45, 2.75) is 6.42 Å². The first kappa shape index (κ1) is 12.6. The number of hydrogen-bond donors (Lipinski definition) is 1. The number of thiophene rings is 1. The first-order valence-corrected chi connectivity index (χ1v) is 7.03. The molecule has 0 aliphatic carbocycles. The first-order chi connectivity index (χ1) is 9.83. The van der Waals surface area contributed by atoms with Crippen LogP contribution in [0.1, 0.15) is 4.88 Å². The fraction of sp³-hybridized carbons (Fsp3) is 0.0667. The van der Waals surface area contributed by atoms with Crippen LogP contribution in [0.3, 0.4) is 0 Å². The van der Waals surface area contributed by atoms with Gasteiger partial charge in [0.15, 0.2) is 0 Å². The standard InChI is InChI=1S/C15H12N2O2S/c18-14(9-12-7-4-8-20-12)17-15-13(10-16-19-15)11-5-2-1-3-6-11/h1-8,10H,9H2,(H,17,18). The Labute approximate surface area is 120 Å². The minimum atomic E-state index is -0.110. The van der Waals surface area contributed by atoms with E-state index in [0.29, 0.717) is 12.3 Å². The van der Waals surface area contributed by atoms with Gasteiger partial charge in [-0.05, 0) is 17.0 Å². The minimum Gasteiger partial charge on any atom is -0.338 e. The van der Waals surface area contributed by atoms with E-state index in [4.69, 9.17) is 4.52 Å². The number of carbonyl (C=O) groups is 1. The third kappa shape index (κ3) is 2.78. The van der Waals surface area contributed by atoms with Gasteiger partial charge in [0.25, 0.3) is 0 Å². The Morgan fingerprint density at radius 2 is 2.05 bits per heavy atom. The van der Waals surface area contributed by atoms with Gasteiger partial charge < -0.3 is 4.52 Å². The Balaban J connectivity index is 1.75. The summed E-state index contributed by atoms with van der Waals surface area (Å²) in [6, 6.07) is 13.5. The van der Waals surface area contributed by atoms with Crippen molar-refractivity contribution in [3.05, 3.63) is 58.9 Å². The number of benzene rings is 1. The highest BCUT2D eigenvalue weighted by Crippen LogP contribution is 2.27. The summed E-state index contributed by atoms with van der Waals surface area (Å²) in [5.41, 5.74) is 1.74. The summed E-state index contributed by atoms with van der Waals surface area (Å²) >= 11 is 1.56. The third-order valence-electron chi connectivity index (χ3n) is 2.82. The molecule has 0 bridgehead atoms. The monoisotopic (exact) mass is 284 g/mol. The number of hydrogen-bond acceptors (Lipinski definition) is 4. The molecule has 3 rings (SSSR count). The number of amides is 1. The highest BCUT2D eigenvalue weighted by atomic mass is 32.1. The predicted octanol–water partition coefficient (Wildman–Crippen LogP) is 3.58. The van der Waals surface area contributed by atoms with Crippen LogP contribution in [0.25, 0.3) is 11.1 Å². The largest absolute Gasteiger partial charge is 0.338 e. The van der Waals surface area contributed by atoms with E-state index in [9.17, 15) is 4.79 Å². The van der Waals surface area contributed by atoms with E-state index >= 15 is 0 Å². The molecule has 2 aromatic heterocycles. The second kappa shape index (κ2) is 5.71. The lowest BCUT2D eigenvalue weighted by molar-refractivity contribution is -0.115. The summed E-state index contributed by atoms with van der Waals surface area (Å²) in [6.45, 7) is 0. The summed E-state index contributed by atoms with van der Waals surface area (Å²) in [5, 5.41) is 8.48. The molecule has 3 aromatic rings. The van der Waals surface area contributed by atoms with Crippen molar-refractivity contribution in [2.75, 3.05) is 5.32 Å². The Morgan fingerprint density at radius 1 is 1.20 bits per heavy atom. The molecule has 0 saturated heterocycles. The predicted molar refractivity (Wildman–Crippen MR) is 78.6 cm³/mol. The maximum atomic E-state index is 12.0. The Bertz CT molecular complexity index is 690. The molecule has 0 aliphatic heterocycles. The lowest BCUT2D eigenvalue weighted by Crippen LogP contribution is -2.13. The quantitative estimate of drug-likeness (QED) is 0.796. The molecular formula is C15H12N2O2S. The zero-order valence-electron chi connectivity index (χ0n) is 10.6. The number of nitrogens with one attached hydrogen (secondary N) is 1. The molecule has 2 heterocycles. The van der Waals surface area contributed by atoms with E-state index in [-0.39, 0.29) is 5.91 Å². The van der Waals surface area contributed by atoms with Crippen molar-refractivity contribution in [3.63, 3.8) is 0 Å². The van der Waals surface area contributed by atoms with Crippen LogP contribution in [-0.4, -0.2) is 11.1 Å². The van der Waals surface area contributed by atoms with Crippen LogP contribution < -0.4 is 5.32 Å². The maximum absolute atomic E-state index is 12.0. The minimum absolute atomic E-state index is 0.110. The second-order valence-electron chi connectivity index (χ2n) is 4.24. The van der Waals surface area contributed by atoms with Crippen LogP contribution >= 0.6 is 11.3 Å². The molecule has 0 atom stereocenters. The van der Waals surface area contributed by atoms with E-state index in [1.54, 1.807) is 17.5 Å². The summed E-state index contributed by atoms with van der Waals surface area (Å²) in [7, 11) is 0. The summed E-state index contributed by atoms with van der Waals surface area (Å²) in [6.07, 6.45) is 1.95. The number of anilines is 1. The van der Waals surface area contributed by atoms with Crippen molar-refractivity contribution >= 4 is 23.1 Å². The van der Waals surface area contributed by atoms with Gasteiger partial charge in [-0.2, -0.15) is 0 Å². The van der Waals surface area contributed by atoms with Crippen molar-refractivity contribution in [3.8, 4) is 11.1 Å². The highest BCUT2D eigenvalue weighted by molar-refractivity contribution is 7.10. The number of nitrogens with zero attached hydrogens (tertiary/aromatic N) is 1. The van der Waals surface area contributed by atoms with E-state index in [1.807, 2.05) is 47.8 Å².